The lowest BCUT2D eigenvalue weighted by atomic mass is 10.1. The van der Waals surface area contributed by atoms with E-state index in [0.29, 0.717) is 25.4 Å². The number of ether oxygens (including phenoxy) is 1. The van der Waals surface area contributed by atoms with Gasteiger partial charge in [-0.15, -0.1) is 0 Å². The third-order valence-electron chi connectivity index (χ3n) is 4.93. The standard InChI is InChI=1S/C19H26N4O3/c1-21-11-6-8-16(21)17-7-4-3-5-12-22(17)19(25)15-9-10-18(24)23(20-15)13-14-26-2/h6,8-11,17H,3-5,7,12-14H2,1-2H3/t17-/m0/s1. The van der Waals surface area contributed by atoms with Crippen LogP contribution in [0.1, 0.15) is 47.9 Å². The smallest absolute Gasteiger partial charge is 0.274 e. The molecule has 0 aliphatic carbocycles. The van der Waals surface area contributed by atoms with Gasteiger partial charge in [-0.1, -0.05) is 12.8 Å². The minimum Gasteiger partial charge on any atom is -0.383 e. The summed E-state index contributed by atoms with van der Waals surface area (Å²) in [5.41, 5.74) is 1.21. The van der Waals surface area contributed by atoms with Crippen molar-refractivity contribution >= 4 is 5.91 Å². The molecule has 1 atom stereocenters. The summed E-state index contributed by atoms with van der Waals surface area (Å²) in [6.07, 6.45) is 6.14. The van der Waals surface area contributed by atoms with E-state index in [1.807, 2.05) is 24.2 Å². The Morgan fingerprint density at radius 3 is 2.85 bits per heavy atom. The summed E-state index contributed by atoms with van der Waals surface area (Å²) >= 11 is 0. The molecule has 7 nitrogen and oxygen atoms in total. The van der Waals surface area contributed by atoms with E-state index in [2.05, 4.69) is 15.7 Å². The molecule has 3 rings (SSSR count). The number of amides is 1. The second-order valence-electron chi connectivity index (χ2n) is 6.68. The lowest BCUT2D eigenvalue weighted by molar-refractivity contribution is 0.0664. The summed E-state index contributed by atoms with van der Waals surface area (Å²) in [4.78, 5) is 27.1. The number of aryl methyl sites for hydroxylation is 1. The average Bonchev–Trinajstić information content (AvgIpc) is 2.92. The van der Waals surface area contributed by atoms with Crippen molar-refractivity contribution in [3.63, 3.8) is 0 Å². The molecule has 0 N–H and O–H groups in total. The van der Waals surface area contributed by atoms with E-state index in [9.17, 15) is 9.59 Å². The Labute approximate surface area is 153 Å². The highest BCUT2D eigenvalue weighted by Gasteiger charge is 2.29. The first-order chi connectivity index (χ1) is 12.6. The number of hydrogen-bond donors (Lipinski definition) is 0. The quantitative estimate of drug-likeness (QED) is 0.820. The molecule has 0 bridgehead atoms. The first-order valence-electron chi connectivity index (χ1n) is 9.11. The highest BCUT2D eigenvalue weighted by Crippen LogP contribution is 2.31. The number of rotatable bonds is 5. The topological polar surface area (TPSA) is 69.4 Å². The van der Waals surface area contributed by atoms with Crippen LogP contribution in [0, 0.1) is 0 Å². The zero-order valence-corrected chi connectivity index (χ0v) is 15.4. The highest BCUT2D eigenvalue weighted by molar-refractivity contribution is 5.92. The molecule has 0 aromatic carbocycles. The third kappa shape index (κ3) is 3.88. The van der Waals surface area contributed by atoms with Gasteiger partial charge >= 0.3 is 0 Å². The molecule has 1 fully saturated rings. The van der Waals surface area contributed by atoms with E-state index >= 15 is 0 Å². The molecule has 0 spiro atoms. The molecule has 0 saturated carbocycles. The number of carbonyl (C=O) groups is 1. The van der Waals surface area contributed by atoms with E-state index in [1.165, 1.54) is 16.8 Å². The lowest BCUT2D eigenvalue weighted by Crippen LogP contribution is -2.37. The van der Waals surface area contributed by atoms with E-state index in [-0.39, 0.29) is 17.5 Å². The van der Waals surface area contributed by atoms with Crippen LogP contribution in [0.2, 0.25) is 0 Å². The predicted molar refractivity (Wildman–Crippen MR) is 98.0 cm³/mol. The van der Waals surface area contributed by atoms with Gasteiger partial charge in [0.15, 0.2) is 0 Å². The van der Waals surface area contributed by atoms with Gasteiger partial charge in [0.1, 0.15) is 5.69 Å². The molecule has 2 aromatic rings. The number of methoxy groups -OCH3 is 1. The van der Waals surface area contributed by atoms with Crippen molar-refractivity contribution in [2.75, 3.05) is 20.3 Å². The molecule has 3 heterocycles. The second-order valence-corrected chi connectivity index (χ2v) is 6.68. The second kappa shape index (κ2) is 8.31. The number of carbonyl (C=O) groups excluding carboxylic acids is 1. The van der Waals surface area contributed by atoms with Gasteiger partial charge in [0.05, 0.1) is 19.2 Å². The molecule has 1 aliphatic rings. The van der Waals surface area contributed by atoms with Crippen LogP contribution in [0.25, 0.3) is 0 Å². The maximum Gasteiger partial charge on any atom is 0.274 e. The maximum atomic E-state index is 13.2. The molecule has 140 valence electrons. The van der Waals surface area contributed by atoms with Crippen LogP contribution in [0.3, 0.4) is 0 Å². The van der Waals surface area contributed by atoms with Crippen molar-refractivity contribution < 1.29 is 9.53 Å². The SMILES string of the molecule is COCCn1nc(C(=O)N2CCCCC[C@H]2c2cccn2C)ccc1=O. The van der Waals surface area contributed by atoms with Crippen molar-refractivity contribution in [1.29, 1.82) is 0 Å². The van der Waals surface area contributed by atoms with Gasteiger partial charge in [0, 0.05) is 38.7 Å². The van der Waals surface area contributed by atoms with Crippen LogP contribution in [0.15, 0.2) is 35.3 Å². The van der Waals surface area contributed by atoms with Gasteiger partial charge in [0.2, 0.25) is 0 Å². The van der Waals surface area contributed by atoms with Gasteiger partial charge < -0.3 is 14.2 Å². The Morgan fingerprint density at radius 2 is 2.12 bits per heavy atom. The van der Waals surface area contributed by atoms with Gasteiger partial charge in [-0.25, -0.2) is 4.68 Å². The number of likely N-dealkylation sites (tertiary alicyclic amines) is 1. The molecular formula is C19H26N4O3. The Balaban J connectivity index is 1.90. The van der Waals surface area contributed by atoms with Crippen LogP contribution in [-0.2, 0) is 18.3 Å². The Bertz CT molecular complexity index is 811. The highest BCUT2D eigenvalue weighted by atomic mass is 16.5. The monoisotopic (exact) mass is 358 g/mol. The van der Waals surface area contributed by atoms with Crippen LogP contribution >= 0.6 is 0 Å². The van der Waals surface area contributed by atoms with Gasteiger partial charge in [-0.05, 0) is 31.0 Å². The summed E-state index contributed by atoms with van der Waals surface area (Å²) in [5, 5.41) is 4.28. The molecule has 0 unspecified atom stereocenters. The van der Waals surface area contributed by atoms with Crippen molar-refractivity contribution in [2.45, 2.75) is 38.3 Å². The molecule has 1 saturated heterocycles. The van der Waals surface area contributed by atoms with Crippen molar-refractivity contribution in [2.24, 2.45) is 7.05 Å². The Hall–Kier alpha value is -2.41. The zero-order valence-electron chi connectivity index (χ0n) is 15.4. The maximum absolute atomic E-state index is 13.2. The summed E-state index contributed by atoms with van der Waals surface area (Å²) in [5.74, 6) is -0.121. The van der Waals surface area contributed by atoms with Crippen LogP contribution in [0.5, 0.6) is 0 Å². The molecular weight excluding hydrogens is 332 g/mol. The van der Waals surface area contributed by atoms with E-state index in [4.69, 9.17) is 4.74 Å². The number of hydrogen-bond acceptors (Lipinski definition) is 4. The molecule has 2 aromatic heterocycles. The molecule has 0 radical (unpaired) electrons. The van der Waals surface area contributed by atoms with Crippen molar-refractivity contribution in [3.05, 3.63) is 52.2 Å². The minimum absolute atomic E-state index is 0.0335. The average molecular weight is 358 g/mol. The Kier molecular flexibility index (Phi) is 5.88. The predicted octanol–water partition coefficient (Wildman–Crippen LogP) is 1.99. The zero-order chi connectivity index (χ0) is 18.5. The lowest BCUT2D eigenvalue weighted by Gasteiger charge is -2.30. The van der Waals surface area contributed by atoms with Gasteiger partial charge in [0.25, 0.3) is 11.5 Å². The van der Waals surface area contributed by atoms with Crippen LogP contribution in [-0.4, -0.2) is 45.4 Å². The van der Waals surface area contributed by atoms with E-state index < -0.39 is 0 Å². The summed E-state index contributed by atoms with van der Waals surface area (Å²) in [6, 6.07) is 7.05. The fourth-order valence-electron chi connectivity index (χ4n) is 3.53. The molecule has 1 aliphatic heterocycles. The van der Waals surface area contributed by atoms with E-state index in [0.717, 1.165) is 31.4 Å². The van der Waals surface area contributed by atoms with Crippen molar-refractivity contribution in [3.8, 4) is 0 Å². The first-order valence-corrected chi connectivity index (χ1v) is 9.11. The number of aromatic nitrogens is 3. The summed E-state index contributed by atoms with van der Waals surface area (Å²) in [7, 11) is 3.58. The summed E-state index contributed by atoms with van der Waals surface area (Å²) in [6.45, 7) is 1.41. The fourth-order valence-corrected chi connectivity index (χ4v) is 3.53. The number of nitrogens with zero attached hydrogens (tertiary/aromatic N) is 4. The summed E-state index contributed by atoms with van der Waals surface area (Å²) < 4.78 is 8.39. The normalized spacial score (nSPS) is 17.9. The van der Waals surface area contributed by atoms with E-state index in [1.54, 1.807) is 7.11 Å². The van der Waals surface area contributed by atoms with Crippen LogP contribution < -0.4 is 5.56 Å². The van der Waals surface area contributed by atoms with Gasteiger partial charge in [-0.2, -0.15) is 5.10 Å². The third-order valence-corrected chi connectivity index (χ3v) is 4.93. The largest absolute Gasteiger partial charge is 0.383 e. The van der Waals surface area contributed by atoms with Crippen LogP contribution in [0.4, 0.5) is 0 Å². The molecule has 1 amide bonds. The first kappa shape index (κ1) is 18.4. The molecule has 7 heteroatoms. The van der Waals surface area contributed by atoms with Gasteiger partial charge in [-0.3, -0.25) is 9.59 Å². The minimum atomic E-state index is -0.228. The molecule has 26 heavy (non-hydrogen) atoms. The fraction of sp³-hybridized carbons (Fsp3) is 0.526. The van der Waals surface area contributed by atoms with Crippen molar-refractivity contribution in [1.82, 2.24) is 19.2 Å². The Morgan fingerprint density at radius 1 is 1.27 bits per heavy atom.